The van der Waals surface area contributed by atoms with Crippen molar-refractivity contribution < 1.29 is 9.84 Å². The monoisotopic (exact) mass is 247 g/mol. The number of morpholine rings is 1. The molecule has 0 aliphatic carbocycles. The zero-order valence-electron chi connectivity index (χ0n) is 10.2. The lowest BCUT2D eigenvalue weighted by molar-refractivity contribution is 0.0727. The number of nitrogen functional groups attached to an aromatic ring is 1. The van der Waals surface area contributed by atoms with Crippen LogP contribution in [-0.4, -0.2) is 37.5 Å². The summed E-state index contributed by atoms with van der Waals surface area (Å²) in [6.07, 6.45) is 0.299. The van der Waals surface area contributed by atoms with E-state index in [9.17, 15) is 5.11 Å². The van der Waals surface area contributed by atoms with E-state index in [0.717, 1.165) is 17.8 Å². The Labute approximate surface area is 106 Å². The average molecular weight is 247 g/mol. The Morgan fingerprint density at radius 2 is 2.39 bits per heavy atom. The second-order valence-electron chi connectivity index (χ2n) is 4.32. The van der Waals surface area contributed by atoms with Crippen molar-refractivity contribution in [1.29, 1.82) is 5.26 Å². The first-order valence-corrected chi connectivity index (χ1v) is 5.97. The molecule has 1 aromatic rings. The number of anilines is 2. The molecule has 1 heterocycles. The molecule has 3 N–H and O–H groups in total. The van der Waals surface area contributed by atoms with Crippen LogP contribution in [0.4, 0.5) is 11.4 Å². The SMILES string of the molecule is N#CCc1cc(N2CCOCC2CO)ccc1N. The van der Waals surface area contributed by atoms with Crippen LogP contribution in [0.1, 0.15) is 5.56 Å². The standard InChI is InChI=1S/C13H17N3O2/c14-4-3-10-7-11(1-2-13(10)15)16-5-6-18-9-12(16)8-17/h1-2,7,12,17H,3,5-6,8-9,15H2. The van der Waals surface area contributed by atoms with Gasteiger partial charge in [0.1, 0.15) is 0 Å². The van der Waals surface area contributed by atoms with E-state index in [1.807, 2.05) is 18.2 Å². The largest absolute Gasteiger partial charge is 0.398 e. The van der Waals surface area contributed by atoms with Crippen LogP contribution < -0.4 is 10.6 Å². The molecule has 0 radical (unpaired) electrons. The lowest BCUT2D eigenvalue weighted by Gasteiger charge is -2.36. The molecule has 0 saturated carbocycles. The number of aliphatic hydroxyl groups excluding tert-OH is 1. The van der Waals surface area contributed by atoms with Gasteiger partial charge in [-0.2, -0.15) is 5.26 Å². The number of hydrogen-bond donors (Lipinski definition) is 2. The number of nitrogens with zero attached hydrogens (tertiary/aromatic N) is 2. The van der Waals surface area contributed by atoms with Crippen molar-refractivity contribution in [3.05, 3.63) is 23.8 Å². The molecule has 1 aliphatic rings. The molecule has 1 saturated heterocycles. The van der Waals surface area contributed by atoms with Crippen LogP contribution in [0.25, 0.3) is 0 Å². The maximum Gasteiger partial charge on any atom is 0.0755 e. The van der Waals surface area contributed by atoms with Gasteiger partial charge in [-0.1, -0.05) is 0 Å². The zero-order chi connectivity index (χ0) is 13.0. The smallest absolute Gasteiger partial charge is 0.0755 e. The highest BCUT2D eigenvalue weighted by Gasteiger charge is 2.22. The van der Waals surface area contributed by atoms with Gasteiger partial charge in [-0.15, -0.1) is 0 Å². The highest BCUT2D eigenvalue weighted by atomic mass is 16.5. The molecule has 0 aromatic heterocycles. The summed E-state index contributed by atoms with van der Waals surface area (Å²) in [7, 11) is 0. The molecule has 5 nitrogen and oxygen atoms in total. The molecule has 2 rings (SSSR count). The van der Waals surface area contributed by atoms with E-state index in [4.69, 9.17) is 15.7 Å². The molecule has 0 bridgehead atoms. The minimum Gasteiger partial charge on any atom is -0.398 e. The first kappa shape index (κ1) is 12.7. The summed E-state index contributed by atoms with van der Waals surface area (Å²) in [6, 6.07) is 7.73. The van der Waals surface area contributed by atoms with Crippen LogP contribution in [0.15, 0.2) is 18.2 Å². The van der Waals surface area contributed by atoms with Crippen LogP contribution in [0.3, 0.4) is 0 Å². The number of aliphatic hydroxyl groups is 1. The summed E-state index contributed by atoms with van der Waals surface area (Å²) in [4.78, 5) is 2.10. The number of nitriles is 1. The molecule has 1 fully saturated rings. The number of nitrogens with two attached hydrogens (primary N) is 1. The van der Waals surface area contributed by atoms with Gasteiger partial charge in [0.15, 0.2) is 0 Å². The van der Waals surface area contributed by atoms with Crippen molar-refractivity contribution in [2.45, 2.75) is 12.5 Å². The Morgan fingerprint density at radius 1 is 1.56 bits per heavy atom. The Bertz CT molecular complexity index is 456. The second kappa shape index (κ2) is 5.71. The summed E-state index contributed by atoms with van der Waals surface area (Å²) in [6.45, 7) is 1.96. The van der Waals surface area contributed by atoms with E-state index in [1.54, 1.807) is 0 Å². The summed E-state index contributed by atoms with van der Waals surface area (Å²) in [5, 5.41) is 18.1. The van der Waals surface area contributed by atoms with Gasteiger partial charge in [0.2, 0.25) is 0 Å². The topological polar surface area (TPSA) is 82.5 Å². The Morgan fingerprint density at radius 3 is 3.11 bits per heavy atom. The van der Waals surface area contributed by atoms with Crippen LogP contribution >= 0.6 is 0 Å². The number of benzene rings is 1. The zero-order valence-corrected chi connectivity index (χ0v) is 10.2. The molecule has 1 unspecified atom stereocenters. The summed E-state index contributed by atoms with van der Waals surface area (Å²) < 4.78 is 5.35. The molecular formula is C13H17N3O2. The molecule has 0 amide bonds. The van der Waals surface area contributed by atoms with Gasteiger partial charge in [-0.3, -0.25) is 0 Å². The van der Waals surface area contributed by atoms with Crippen molar-refractivity contribution in [2.75, 3.05) is 37.0 Å². The Hall–Kier alpha value is -1.77. The summed E-state index contributed by atoms with van der Waals surface area (Å²) >= 11 is 0. The van der Waals surface area contributed by atoms with E-state index >= 15 is 0 Å². The second-order valence-corrected chi connectivity index (χ2v) is 4.32. The van der Waals surface area contributed by atoms with Crippen LogP contribution in [0.2, 0.25) is 0 Å². The van der Waals surface area contributed by atoms with Crippen LogP contribution in [0, 0.1) is 11.3 Å². The maximum absolute atomic E-state index is 9.35. The van der Waals surface area contributed by atoms with E-state index in [0.29, 0.717) is 25.3 Å². The minimum absolute atomic E-state index is 0.0303. The average Bonchev–Trinajstić information content (AvgIpc) is 2.41. The highest BCUT2D eigenvalue weighted by Crippen LogP contribution is 2.24. The summed E-state index contributed by atoms with van der Waals surface area (Å²) in [5.74, 6) is 0. The van der Waals surface area contributed by atoms with Crippen molar-refractivity contribution in [3.8, 4) is 6.07 Å². The molecule has 5 heteroatoms. The Balaban J connectivity index is 2.26. The van der Waals surface area contributed by atoms with Gasteiger partial charge >= 0.3 is 0 Å². The fraction of sp³-hybridized carbons (Fsp3) is 0.462. The molecule has 18 heavy (non-hydrogen) atoms. The Kier molecular flexibility index (Phi) is 4.03. The lowest BCUT2D eigenvalue weighted by Crippen LogP contribution is -2.47. The fourth-order valence-corrected chi connectivity index (χ4v) is 2.16. The molecular weight excluding hydrogens is 230 g/mol. The quantitative estimate of drug-likeness (QED) is 0.761. The first-order valence-electron chi connectivity index (χ1n) is 5.97. The molecule has 1 atom stereocenters. The molecule has 96 valence electrons. The van der Waals surface area contributed by atoms with Crippen molar-refractivity contribution in [1.82, 2.24) is 0 Å². The van der Waals surface area contributed by atoms with Gasteiger partial charge in [0, 0.05) is 17.9 Å². The van der Waals surface area contributed by atoms with Crippen LogP contribution in [-0.2, 0) is 11.2 Å². The van der Waals surface area contributed by atoms with Gasteiger partial charge in [0.25, 0.3) is 0 Å². The third kappa shape index (κ3) is 2.55. The lowest BCUT2D eigenvalue weighted by atomic mass is 10.1. The fourth-order valence-electron chi connectivity index (χ4n) is 2.16. The molecule has 1 aliphatic heterocycles. The van der Waals surface area contributed by atoms with E-state index < -0.39 is 0 Å². The normalized spacial score (nSPS) is 19.6. The number of ether oxygens (including phenoxy) is 1. The van der Waals surface area contributed by atoms with Gasteiger partial charge in [0.05, 0.1) is 38.4 Å². The van der Waals surface area contributed by atoms with Gasteiger partial charge in [-0.25, -0.2) is 0 Å². The first-order chi connectivity index (χ1) is 8.76. The van der Waals surface area contributed by atoms with Gasteiger partial charge < -0.3 is 20.5 Å². The number of rotatable bonds is 3. The predicted molar refractivity (Wildman–Crippen MR) is 69.2 cm³/mol. The van der Waals surface area contributed by atoms with Crippen molar-refractivity contribution in [3.63, 3.8) is 0 Å². The maximum atomic E-state index is 9.35. The van der Waals surface area contributed by atoms with Crippen LogP contribution in [0.5, 0.6) is 0 Å². The van der Waals surface area contributed by atoms with E-state index in [-0.39, 0.29) is 12.6 Å². The molecule has 1 aromatic carbocycles. The predicted octanol–water partition coefficient (Wildman–Crippen LogP) is 0.532. The number of hydrogen-bond acceptors (Lipinski definition) is 5. The van der Waals surface area contributed by atoms with Gasteiger partial charge in [-0.05, 0) is 23.8 Å². The third-order valence-corrected chi connectivity index (χ3v) is 3.17. The minimum atomic E-state index is -0.0303. The van der Waals surface area contributed by atoms with E-state index in [2.05, 4.69) is 11.0 Å². The summed E-state index contributed by atoms with van der Waals surface area (Å²) in [5.41, 5.74) is 8.28. The van der Waals surface area contributed by atoms with Crippen molar-refractivity contribution >= 4 is 11.4 Å². The van der Waals surface area contributed by atoms with E-state index in [1.165, 1.54) is 0 Å². The van der Waals surface area contributed by atoms with Crippen molar-refractivity contribution in [2.24, 2.45) is 0 Å². The highest BCUT2D eigenvalue weighted by molar-refractivity contribution is 5.59. The third-order valence-electron chi connectivity index (χ3n) is 3.17. The molecule has 0 spiro atoms.